The van der Waals surface area contributed by atoms with Gasteiger partial charge in [0.2, 0.25) is 0 Å². The van der Waals surface area contributed by atoms with Gasteiger partial charge in [0.25, 0.3) is 0 Å². The van der Waals surface area contributed by atoms with E-state index in [1.165, 1.54) is 44.9 Å². The van der Waals surface area contributed by atoms with Gasteiger partial charge >= 0.3 is 5.63 Å². The van der Waals surface area contributed by atoms with E-state index in [0.29, 0.717) is 12.0 Å². The van der Waals surface area contributed by atoms with E-state index in [0.717, 1.165) is 55.6 Å². The van der Waals surface area contributed by atoms with Gasteiger partial charge in [-0.15, -0.1) is 6.58 Å². The van der Waals surface area contributed by atoms with Gasteiger partial charge in [-0.1, -0.05) is 38.3 Å². The molecule has 4 rings (SSSR count). The third kappa shape index (κ3) is 5.70. The lowest BCUT2D eigenvalue weighted by atomic mass is 9.68. The molecule has 0 aliphatic heterocycles. The highest BCUT2D eigenvalue weighted by atomic mass is 19.1. The average molecular weight is 455 g/mol. The van der Waals surface area contributed by atoms with Crippen molar-refractivity contribution in [3.63, 3.8) is 0 Å². The van der Waals surface area contributed by atoms with Gasteiger partial charge in [0.05, 0.1) is 6.61 Å². The van der Waals surface area contributed by atoms with Gasteiger partial charge in [-0.25, -0.2) is 9.18 Å². The number of unbranched alkanes of at least 4 members (excludes halogenated alkanes) is 1. The number of fused-ring (bicyclic) bond motifs is 1. The number of halogens is 1. The summed E-state index contributed by atoms with van der Waals surface area (Å²) in [7, 11) is 0. The zero-order chi connectivity index (χ0) is 23.2. The van der Waals surface area contributed by atoms with Crippen LogP contribution in [0.25, 0.3) is 10.8 Å². The largest absolute Gasteiger partial charge is 0.490 e. The molecule has 0 spiro atoms. The molecule has 0 N–H and O–H groups in total. The lowest BCUT2D eigenvalue weighted by Crippen LogP contribution is -2.25. The van der Waals surface area contributed by atoms with Gasteiger partial charge in [-0.3, -0.25) is 0 Å². The third-order valence-electron chi connectivity index (χ3n) is 8.12. The molecule has 1 aromatic heterocycles. The van der Waals surface area contributed by atoms with Crippen LogP contribution in [0.3, 0.4) is 0 Å². The first-order chi connectivity index (χ1) is 16.1. The first-order valence-corrected chi connectivity index (χ1v) is 13.1. The summed E-state index contributed by atoms with van der Waals surface area (Å²) in [6, 6.07) is 5.31. The molecular weight excluding hydrogens is 415 g/mol. The first-order valence-electron chi connectivity index (χ1n) is 13.1. The van der Waals surface area contributed by atoms with E-state index in [2.05, 4.69) is 13.5 Å². The van der Waals surface area contributed by atoms with Gasteiger partial charge in [0.15, 0.2) is 11.6 Å². The lowest BCUT2D eigenvalue weighted by Gasteiger charge is -2.37. The van der Waals surface area contributed by atoms with Crippen LogP contribution in [0.15, 0.2) is 40.1 Å². The number of hydrogen-bond donors (Lipinski definition) is 0. The van der Waals surface area contributed by atoms with Crippen LogP contribution in [0.1, 0.15) is 95.7 Å². The quantitative estimate of drug-likeness (QED) is 0.283. The summed E-state index contributed by atoms with van der Waals surface area (Å²) in [5.74, 6) is 3.06. The second-order valence-electron chi connectivity index (χ2n) is 10.2. The molecule has 0 amide bonds. The third-order valence-corrected chi connectivity index (χ3v) is 8.12. The number of ether oxygens (including phenoxy) is 1. The van der Waals surface area contributed by atoms with Crippen molar-refractivity contribution in [2.45, 2.75) is 89.9 Å². The Balaban J connectivity index is 1.38. The molecule has 0 radical (unpaired) electrons. The minimum absolute atomic E-state index is 0.00893. The van der Waals surface area contributed by atoms with Crippen LogP contribution < -0.4 is 10.4 Å². The molecule has 2 saturated carbocycles. The van der Waals surface area contributed by atoms with Crippen molar-refractivity contribution >= 4 is 10.8 Å². The maximum Gasteiger partial charge on any atom is 0.346 e. The van der Waals surface area contributed by atoms with Crippen LogP contribution >= 0.6 is 0 Å². The summed E-state index contributed by atoms with van der Waals surface area (Å²) < 4.78 is 26.1. The molecule has 0 atom stereocenters. The van der Waals surface area contributed by atoms with Crippen molar-refractivity contribution in [1.29, 1.82) is 0 Å². The molecule has 2 aliphatic rings. The van der Waals surface area contributed by atoms with E-state index in [1.54, 1.807) is 12.1 Å². The second kappa shape index (κ2) is 11.4. The molecule has 2 aromatic rings. The lowest BCUT2D eigenvalue weighted by molar-refractivity contribution is 0.153. The minimum Gasteiger partial charge on any atom is -0.490 e. The fraction of sp³-hybridized carbons (Fsp3) is 0.621. The fourth-order valence-corrected chi connectivity index (χ4v) is 6.06. The van der Waals surface area contributed by atoms with Crippen molar-refractivity contribution in [2.24, 2.45) is 17.8 Å². The Morgan fingerprint density at radius 2 is 1.79 bits per heavy atom. The number of hydrogen-bond acceptors (Lipinski definition) is 3. The Bertz CT molecular complexity index is 978. The first kappa shape index (κ1) is 24.0. The van der Waals surface area contributed by atoms with E-state index < -0.39 is 11.4 Å². The summed E-state index contributed by atoms with van der Waals surface area (Å²) in [4.78, 5) is 12.7. The Morgan fingerprint density at radius 1 is 1.09 bits per heavy atom. The van der Waals surface area contributed by atoms with Gasteiger partial charge in [-0.2, -0.15) is 0 Å². The Kier molecular flexibility index (Phi) is 8.27. The number of allylic oxidation sites excluding steroid dienone is 1. The summed E-state index contributed by atoms with van der Waals surface area (Å²) >= 11 is 0. The molecule has 0 unspecified atom stereocenters. The van der Waals surface area contributed by atoms with Gasteiger partial charge < -0.3 is 9.15 Å². The summed E-state index contributed by atoms with van der Waals surface area (Å²) in [5.41, 5.74) is -0.582. The minimum atomic E-state index is -0.601. The second-order valence-corrected chi connectivity index (χ2v) is 10.2. The molecule has 2 aliphatic carbocycles. The Morgan fingerprint density at radius 3 is 2.45 bits per heavy atom. The van der Waals surface area contributed by atoms with Crippen molar-refractivity contribution in [3.05, 3.63) is 52.9 Å². The van der Waals surface area contributed by atoms with E-state index in [1.807, 2.05) is 12.1 Å². The maximum absolute atomic E-state index is 14.9. The molecule has 4 heteroatoms. The predicted molar refractivity (Wildman–Crippen MR) is 132 cm³/mol. The molecule has 3 nitrogen and oxygen atoms in total. The molecule has 180 valence electrons. The fourth-order valence-electron chi connectivity index (χ4n) is 6.06. The topological polar surface area (TPSA) is 39.4 Å². The zero-order valence-corrected chi connectivity index (χ0v) is 20.1. The smallest absolute Gasteiger partial charge is 0.346 e. The van der Waals surface area contributed by atoms with Crippen LogP contribution in [0.4, 0.5) is 4.39 Å². The molecule has 33 heavy (non-hydrogen) atoms. The van der Waals surface area contributed by atoms with E-state index in [9.17, 15) is 9.18 Å². The number of benzene rings is 1. The maximum atomic E-state index is 14.9. The normalized spacial score (nSPS) is 25.8. The highest BCUT2D eigenvalue weighted by Crippen LogP contribution is 2.44. The van der Waals surface area contributed by atoms with Crippen LogP contribution in [-0.4, -0.2) is 6.61 Å². The highest BCUT2D eigenvalue weighted by molar-refractivity contribution is 5.83. The summed E-state index contributed by atoms with van der Waals surface area (Å²) in [5, 5.41) is 0.621. The monoisotopic (exact) mass is 454 g/mol. The molecule has 2 fully saturated rings. The van der Waals surface area contributed by atoms with Crippen LogP contribution in [0.5, 0.6) is 5.75 Å². The SMILES string of the molecule is C=CCCC1CCC(C2CCC(c3cc4ccc(OCCCC)c(F)c4c(=O)o3)CC2)CC1. The van der Waals surface area contributed by atoms with Gasteiger partial charge in [0, 0.05) is 5.92 Å². The van der Waals surface area contributed by atoms with Crippen molar-refractivity contribution in [3.8, 4) is 5.75 Å². The predicted octanol–water partition coefficient (Wildman–Crippen LogP) is 8.16. The molecule has 0 saturated heterocycles. The molecule has 1 heterocycles. The van der Waals surface area contributed by atoms with Crippen LogP contribution in [-0.2, 0) is 0 Å². The molecule has 0 bridgehead atoms. The zero-order valence-electron chi connectivity index (χ0n) is 20.1. The average Bonchev–Trinajstić information content (AvgIpc) is 2.84. The Labute approximate surface area is 197 Å². The van der Waals surface area contributed by atoms with Crippen molar-refractivity contribution < 1.29 is 13.5 Å². The molecular formula is C29H39FO3. The van der Waals surface area contributed by atoms with Gasteiger partial charge in [0.1, 0.15) is 11.1 Å². The van der Waals surface area contributed by atoms with Crippen molar-refractivity contribution in [2.75, 3.05) is 6.61 Å². The molecule has 1 aromatic carbocycles. The summed E-state index contributed by atoms with van der Waals surface area (Å²) in [6.45, 7) is 6.36. The van der Waals surface area contributed by atoms with Crippen LogP contribution in [0.2, 0.25) is 0 Å². The highest BCUT2D eigenvalue weighted by Gasteiger charge is 2.32. The standard InChI is InChI=1S/C29H39FO3/c1-3-5-7-20-8-10-21(11-9-20)22-12-14-23(15-13-22)26-19-24-16-17-25(32-18-6-4-2)28(30)27(24)29(31)33-26/h3,16-17,19-23H,1,4-15,18H2,2H3. The van der Waals surface area contributed by atoms with Crippen LogP contribution in [0, 0.1) is 23.6 Å². The summed E-state index contributed by atoms with van der Waals surface area (Å²) in [6.07, 6.45) is 16.3. The Hall–Kier alpha value is -2.10. The van der Waals surface area contributed by atoms with Gasteiger partial charge in [-0.05, 0) is 93.1 Å². The van der Waals surface area contributed by atoms with Crippen molar-refractivity contribution in [1.82, 2.24) is 0 Å². The number of rotatable bonds is 9. The van der Waals surface area contributed by atoms with E-state index in [4.69, 9.17) is 9.15 Å². The van der Waals surface area contributed by atoms with E-state index in [-0.39, 0.29) is 17.1 Å². The van der Waals surface area contributed by atoms with E-state index >= 15 is 0 Å².